The van der Waals surface area contributed by atoms with Crippen LogP contribution in [0.1, 0.15) is 22.8 Å². The molecule has 9 heteroatoms. The molecule has 0 aromatic heterocycles. The molecule has 2 aromatic rings. The largest absolute Gasteiger partial charge is 0.462 e. The fourth-order valence-electron chi connectivity index (χ4n) is 2.09. The molecule has 0 radical (unpaired) electrons. The first kappa shape index (κ1) is 18.8. The second-order valence-electron chi connectivity index (χ2n) is 4.80. The average molecular weight is 366 g/mol. The van der Waals surface area contributed by atoms with Gasteiger partial charge in [-0.1, -0.05) is 12.1 Å². The van der Waals surface area contributed by atoms with Crippen molar-refractivity contribution >= 4 is 5.97 Å². The summed E-state index contributed by atoms with van der Waals surface area (Å²) in [6, 6.07) is 2.33. The van der Waals surface area contributed by atoms with E-state index in [1.54, 1.807) is 0 Å². The molecule has 0 saturated heterocycles. The van der Waals surface area contributed by atoms with Crippen LogP contribution in [0.5, 0.6) is 0 Å². The summed E-state index contributed by atoms with van der Waals surface area (Å²) >= 11 is 0. The summed E-state index contributed by atoms with van der Waals surface area (Å²) in [6.07, 6.45) is -4.69. The van der Waals surface area contributed by atoms with Crippen molar-refractivity contribution in [2.45, 2.75) is 13.1 Å². The molecule has 0 N–H and O–H groups in total. The molecule has 134 valence electrons. The Morgan fingerprint density at radius 1 is 0.920 bits per heavy atom. The Hall–Kier alpha value is -2.58. The van der Waals surface area contributed by atoms with Crippen LogP contribution in [-0.4, -0.2) is 12.6 Å². The Bertz CT molecular complexity index is 782. The maximum absolute atomic E-state index is 14.1. The van der Waals surface area contributed by atoms with Crippen LogP contribution < -0.4 is 0 Å². The zero-order chi connectivity index (χ0) is 18.9. The van der Waals surface area contributed by atoms with E-state index in [1.165, 1.54) is 6.92 Å². The first-order valence-electron chi connectivity index (χ1n) is 6.80. The molecule has 0 aliphatic heterocycles. The standard InChI is InChI=1S/C16H9F7O2/c1-2-25-15(24)10-13(19)11(17)9(12(18)14(10)20)7-3-5-8(6-4-7)16(21,22)23/h3-6H,2H2,1H3. The van der Waals surface area contributed by atoms with Crippen molar-refractivity contribution in [3.05, 3.63) is 58.7 Å². The number of hydrogen-bond donors (Lipinski definition) is 0. The Labute approximate surface area is 136 Å². The molecule has 0 atom stereocenters. The number of rotatable bonds is 3. The molecule has 0 unspecified atom stereocenters. The molecule has 0 spiro atoms. The Kier molecular flexibility index (Phi) is 5.05. The van der Waals surface area contributed by atoms with Crippen molar-refractivity contribution in [3.63, 3.8) is 0 Å². The van der Waals surface area contributed by atoms with Crippen molar-refractivity contribution in [2.75, 3.05) is 6.61 Å². The van der Waals surface area contributed by atoms with Crippen molar-refractivity contribution < 1.29 is 40.3 Å². The summed E-state index contributed by atoms with van der Waals surface area (Å²) < 4.78 is 98.0. The minimum atomic E-state index is -4.69. The molecular weight excluding hydrogens is 357 g/mol. The maximum atomic E-state index is 14.1. The molecule has 2 rings (SSSR count). The van der Waals surface area contributed by atoms with E-state index in [0.717, 1.165) is 0 Å². The van der Waals surface area contributed by atoms with Crippen molar-refractivity contribution in [1.82, 2.24) is 0 Å². The lowest BCUT2D eigenvalue weighted by molar-refractivity contribution is -0.137. The number of halogens is 7. The lowest BCUT2D eigenvalue weighted by Crippen LogP contribution is -2.14. The smallest absolute Gasteiger partial charge is 0.416 e. The van der Waals surface area contributed by atoms with Gasteiger partial charge in [-0.25, -0.2) is 22.4 Å². The van der Waals surface area contributed by atoms with Crippen LogP contribution in [0.2, 0.25) is 0 Å². The van der Waals surface area contributed by atoms with Crippen LogP contribution in [-0.2, 0) is 10.9 Å². The van der Waals surface area contributed by atoms with E-state index in [0.29, 0.717) is 24.3 Å². The highest BCUT2D eigenvalue weighted by Crippen LogP contribution is 2.35. The zero-order valence-electron chi connectivity index (χ0n) is 12.5. The number of alkyl halides is 3. The van der Waals surface area contributed by atoms with Crippen LogP contribution in [0.4, 0.5) is 30.7 Å². The van der Waals surface area contributed by atoms with Crippen molar-refractivity contribution in [3.8, 4) is 11.1 Å². The molecule has 0 fully saturated rings. The summed E-state index contributed by atoms with van der Waals surface area (Å²) in [5.74, 6) is -9.42. The van der Waals surface area contributed by atoms with Crippen LogP contribution in [0.15, 0.2) is 24.3 Å². The van der Waals surface area contributed by atoms with Gasteiger partial charge in [0.25, 0.3) is 0 Å². The highest BCUT2D eigenvalue weighted by atomic mass is 19.4. The summed E-state index contributed by atoms with van der Waals surface area (Å²) in [5, 5.41) is 0. The Morgan fingerprint density at radius 2 is 1.40 bits per heavy atom. The van der Waals surface area contributed by atoms with E-state index < -0.39 is 57.7 Å². The Morgan fingerprint density at radius 3 is 1.80 bits per heavy atom. The monoisotopic (exact) mass is 366 g/mol. The van der Waals surface area contributed by atoms with E-state index in [2.05, 4.69) is 4.74 Å². The lowest BCUT2D eigenvalue weighted by Gasteiger charge is -2.12. The maximum Gasteiger partial charge on any atom is 0.416 e. The third kappa shape index (κ3) is 3.45. The molecule has 2 nitrogen and oxygen atoms in total. The zero-order valence-corrected chi connectivity index (χ0v) is 12.5. The van der Waals surface area contributed by atoms with Gasteiger partial charge in [-0.15, -0.1) is 0 Å². The molecule has 0 aliphatic rings. The predicted molar refractivity (Wildman–Crippen MR) is 72.7 cm³/mol. The molecule has 2 aromatic carbocycles. The summed E-state index contributed by atoms with van der Waals surface area (Å²) in [7, 11) is 0. The van der Waals surface area contributed by atoms with Gasteiger partial charge in [0.1, 0.15) is 5.56 Å². The van der Waals surface area contributed by atoms with Crippen LogP contribution >= 0.6 is 0 Å². The minimum absolute atomic E-state index is 0.290. The molecule has 0 heterocycles. The quantitative estimate of drug-likeness (QED) is 0.429. The Balaban J connectivity index is 2.62. The van der Waals surface area contributed by atoms with E-state index in [4.69, 9.17) is 0 Å². The van der Waals surface area contributed by atoms with Gasteiger partial charge < -0.3 is 4.74 Å². The first-order chi connectivity index (χ1) is 11.6. The number of benzene rings is 2. The van der Waals surface area contributed by atoms with Gasteiger partial charge in [-0.3, -0.25) is 0 Å². The van der Waals surface area contributed by atoms with Gasteiger partial charge in [-0.05, 0) is 24.6 Å². The van der Waals surface area contributed by atoms with Crippen LogP contribution in [0.25, 0.3) is 11.1 Å². The molecule has 0 bridgehead atoms. The predicted octanol–water partition coefficient (Wildman–Crippen LogP) is 5.11. The molecule has 0 amide bonds. The second-order valence-corrected chi connectivity index (χ2v) is 4.80. The molecule has 0 saturated carbocycles. The van der Waals surface area contributed by atoms with Gasteiger partial charge >= 0.3 is 12.1 Å². The lowest BCUT2D eigenvalue weighted by atomic mass is 9.99. The van der Waals surface area contributed by atoms with E-state index in [9.17, 15) is 35.5 Å². The van der Waals surface area contributed by atoms with Crippen LogP contribution in [0, 0.1) is 23.3 Å². The number of hydrogen-bond acceptors (Lipinski definition) is 2. The van der Waals surface area contributed by atoms with Gasteiger partial charge in [0, 0.05) is 0 Å². The van der Waals surface area contributed by atoms with Crippen LogP contribution in [0.3, 0.4) is 0 Å². The highest BCUT2D eigenvalue weighted by Gasteiger charge is 2.32. The van der Waals surface area contributed by atoms with Crippen molar-refractivity contribution in [2.24, 2.45) is 0 Å². The van der Waals surface area contributed by atoms with Gasteiger partial charge in [0.05, 0.1) is 17.7 Å². The number of esters is 1. The van der Waals surface area contributed by atoms with E-state index in [-0.39, 0.29) is 6.61 Å². The molecule has 0 aliphatic carbocycles. The van der Waals surface area contributed by atoms with Gasteiger partial charge in [0.2, 0.25) is 0 Å². The topological polar surface area (TPSA) is 26.3 Å². The fourth-order valence-corrected chi connectivity index (χ4v) is 2.09. The van der Waals surface area contributed by atoms with E-state index >= 15 is 0 Å². The van der Waals surface area contributed by atoms with Gasteiger partial charge in [-0.2, -0.15) is 13.2 Å². The summed E-state index contributed by atoms with van der Waals surface area (Å²) in [6.45, 7) is 1.03. The SMILES string of the molecule is CCOC(=O)c1c(F)c(F)c(-c2ccc(C(F)(F)F)cc2)c(F)c1F. The number of carbonyl (C=O) groups excluding carboxylic acids is 1. The third-order valence-electron chi connectivity index (χ3n) is 3.24. The normalized spacial score (nSPS) is 11.5. The minimum Gasteiger partial charge on any atom is -0.462 e. The highest BCUT2D eigenvalue weighted by molar-refractivity contribution is 5.91. The van der Waals surface area contributed by atoms with E-state index in [1.807, 2.05) is 0 Å². The summed E-state index contributed by atoms with van der Waals surface area (Å²) in [5.41, 5.74) is -4.42. The molecule has 25 heavy (non-hydrogen) atoms. The second kappa shape index (κ2) is 6.73. The number of ether oxygens (including phenoxy) is 1. The third-order valence-corrected chi connectivity index (χ3v) is 3.24. The fraction of sp³-hybridized carbons (Fsp3) is 0.188. The summed E-state index contributed by atoms with van der Waals surface area (Å²) in [4.78, 5) is 11.4. The number of carbonyl (C=O) groups is 1. The molecular formula is C16H9F7O2. The van der Waals surface area contributed by atoms with Gasteiger partial charge in [0.15, 0.2) is 23.3 Å². The first-order valence-corrected chi connectivity index (χ1v) is 6.80. The average Bonchev–Trinajstić information content (AvgIpc) is 2.53. The van der Waals surface area contributed by atoms with Crippen molar-refractivity contribution in [1.29, 1.82) is 0 Å².